The van der Waals surface area contributed by atoms with E-state index in [9.17, 15) is 13.6 Å². The number of pyridine rings is 1. The third-order valence-corrected chi connectivity index (χ3v) is 5.21. The first-order valence-electron chi connectivity index (χ1n) is 11.0. The van der Waals surface area contributed by atoms with Crippen molar-refractivity contribution in [3.63, 3.8) is 0 Å². The van der Waals surface area contributed by atoms with Gasteiger partial charge in [-0.2, -0.15) is 0 Å². The van der Waals surface area contributed by atoms with E-state index in [1.807, 2.05) is 0 Å². The average Bonchev–Trinajstić information content (AvgIpc) is 2.71. The first-order chi connectivity index (χ1) is 15.3. The Morgan fingerprint density at radius 1 is 1.16 bits per heavy atom. The molecule has 0 N–H and O–H groups in total. The second-order valence-electron chi connectivity index (χ2n) is 8.18. The lowest BCUT2D eigenvalue weighted by Crippen LogP contribution is -2.28. The third-order valence-electron chi connectivity index (χ3n) is 5.21. The molecule has 2 aromatic heterocycles. The number of nitrogens with zero attached hydrogens (tertiary/aromatic N) is 3. The van der Waals surface area contributed by atoms with Crippen molar-refractivity contribution in [2.45, 2.75) is 59.9 Å². The maximum atomic E-state index is 14.1. The standard InChI is InChI=1S/C22H21F2N3O2.C3H8.H2/c1-13-8-16(12-27(22(13)28)11-15-4-3-5-15)21-20(10-25-14(2)26-21)29-19-7-6-17(23)9-18(19)24;1-3-2;/h6-10,12,15H,3-5,11H2,1-2H3;3H2,1-2H3;1H. The number of benzene rings is 1. The summed E-state index contributed by atoms with van der Waals surface area (Å²) >= 11 is 0. The van der Waals surface area contributed by atoms with Gasteiger partial charge in [-0.05, 0) is 50.8 Å². The molecule has 0 bridgehead atoms. The quantitative estimate of drug-likeness (QED) is 0.454. The molecule has 1 saturated carbocycles. The molecule has 1 aromatic carbocycles. The summed E-state index contributed by atoms with van der Waals surface area (Å²) in [7, 11) is 0. The summed E-state index contributed by atoms with van der Waals surface area (Å²) in [6.07, 6.45) is 7.92. The van der Waals surface area contributed by atoms with Crippen molar-refractivity contribution in [3.05, 3.63) is 70.0 Å². The minimum absolute atomic E-state index is 0. The van der Waals surface area contributed by atoms with Gasteiger partial charge in [0.15, 0.2) is 17.3 Å². The Morgan fingerprint density at radius 3 is 2.50 bits per heavy atom. The molecule has 0 radical (unpaired) electrons. The van der Waals surface area contributed by atoms with Crippen molar-refractivity contribution in [2.75, 3.05) is 0 Å². The Labute approximate surface area is 188 Å². The smallest absolute Gasteiger partial charge is 0.253 e. The lowest BCUT2D eigenvalue weighted by Gasteiger charge is -2.26. The molecule has 7 heteroatoms. The van der Waals surface area contributed by atoms with E-state index >= 15 is 0 Å². The molecule has 0 spiro atoms. The van der Waals surface area contributed by atoms with Crippen LogP contribution in [-0.4, -0.2) is 14.5 Å². The van der Waals surface area contributed by atoms with Crippen LogP contribution < -0.4 is 10.3 Å². The number of hydrogen-bond donors (Lipinski definition) is 0. The fourth-order valence-corrected chi connectivity index (χ4v) is 3.42. The summed E-state index contributed by atoms with van der Waals surface area (Å²) in [4.78, 5) is 21.2. The van der Waals surface area contributed by atoms with Crippen LogP contribution in [0.15, 0.2) is 41.5 Å². The molecule has 172 valence electrons. The van der Waals surface area contributed by atoms with Crippen LogP contribution in [0.3, 0.4) is 0 Å². The Kier molecular flexibility index (Phi) is 7.72. The summed E-state index contributed by atoms with van der Waals surface area (Å²) in [5.41, 5.74) is 1.70. The normalized spacial score (nSPS) is 13.2. The van der Waals surface area contributed by atoms with E-state index in [1.165, 1.54) is 25.1 Å². The molecule has 3 aromatic rings. The van der Waals surface area contributed by atoms with Crippen molar-refractivity contribution >= 4 is 0 Å². The molecule has 0 saturated heterocycles. The van der Waals surface area contributed by atoms with Crippen molar-refractivity contribution in [2.24, 2.45) is 5.92 Å². The van der Waals surface area contributed by atoms with Crippen LogP contribution in [-0.2, 0) is 6.54 Å². The average molecular weight is 444 g/mol. The molecule has 1 aliphatic carbocycles. The zero-order valence-corrected chi connectivity index (χ0v) is 19.0. The number of rotatable bonds is 5. The topological polar surface area (TPSA) is 57.0 Å². The minimum atomic E-state index is -0.817. The fourth-order valence-electron chi connectivity index (χ4n) is 3.42. The summed E-state index contributed by atoms with van der Waals surface area (Å²) in [6, 6.07) is 4.84. The highest BCUT2D eigenvalue weighted by atomic mass is 19.1. The zero-order chi connectivity index (χ0) is 23.3. The Morgan fingerprint density at radius 2 is 1.88 bits per heavy atom. The first kappa shape index (κ1) is 23.6. The molecule has 0 unspecified atom stereocenters. The van der Waals surface area contributed by atoms with Gasteiger partial charge in [0.05, 0.1) is 6.20 Å². The Hall–Kier alpha value is -3.09. The molecule has 0 aliphatic heterocycles. The maximum Gasteiger partial charge on any atom is 0.253 e. The van der Waals surface area contributed by atoms with Crippen LogP contribution in [0.5, 0.6) is 11.5 Å². The monoisotopic (exact) mass is 443 g/mol. The van der Waals surface area contributed by atoms with Crippen molar-refractivity contribution in [3.8, 4) is 22.8 Å². The van der Waals surface area contributed by atoms with Crippen LogP contribution in [0.2, 0.25) is 0 Å². The lowest BCUT2D eigenvalue weighted by molar-refractivity contribution is 0.273. The van der Waals surface area contributed by atoms with Gasteiger partial charge in [0.1, 0.15) is 17.3 Å². The molecule has 5 nitrogen and oxygen atoms in total. The number of aromatic nitrogens is 3. The highest BCUT2D eigenvalue weighted by Gasteiger charge is 2.20. The highest BCUT2D eigenvalue weighted by molar-refractivity contribution is 5.66. The van der Waals surface area contributed by atoms with Crippen molar-refractivity contribution < 1.29 is 14.9 Å². The van der Waals surface area contributed by atoms with Gasteiger partial charge in [-0.1, -0.05) is 26.7 Å². The SMILES string of the molecule is CCC.Cc1ncc(Oc2ccc(F)cc2F)c(-c2cc(C)c(=O)n(CC3CCC3)c2)n1.[HH]. The predicted octanol–water partition coefficient (Wildman–Crippen LogP) is 6.46. The van der Waals surface area contributed by atoms with Gasteiger partial charge < -0.3 is 9.30 Å². The van der Waals surface area contributed by atoms with E-state index in [2.05, 4.69) is 23.8 Å². The molecule has 32 heavy (non-hydrogen) atoms. The highest BCUT2D eigenvalue weighted by Crippen LogP contribution is 2.33. The van der Waals surface area contributed by atoms with Crippen molar-refractivity contribution in [1.29, 1.82) is 0 Å². The molecule has 4 rings (SSSR count). The van der Waals surface area contributed by atoms with E-state index < -0.39 is 11.6 Å². The number of hydrogen-bond acceptors (Lipinski definition) is 4. The second-order valence-corrected chi connectivity index (χ2v) is 8.18. The van der Waals surface area contributed by atoms with Crippen molar-refractivity contribution in [1.82, 2.24) is 14.5 Å². The van der Waals surface area contributed by atoms with Gasteiger partial charge in [-0.15, -0.1) is 0 Å². The molecule has 2 heterocycles. The van der Waals surface area contributed by atoms with Gasteiger partial charge in [0, 0.05) is 31.4 Å². The maximum absolute atomic E-state index is 14.1. The van der Waals surface area contributed by atoms with Crippen LogP contribution in [0, 0.1) is 31.4 Å². The summed E-state index contributed by atoms with van der Waals surface area (Å²) in [6.45, 7) is 8.42. The molecule has 0 amide bonds. The van der Waals surface area contributed by atoms with Crippen LogP contribution >= 0.6 is 0 Å². The Bertz CT molecular complexity index is 1150. The number of aryl methyl sites for hydroxylation is 2. The lowest BCUT2D eigenvalue weighted by atomic mass is 9.85. The first-order valence-corrected chi connectivity index (χ1v) is 11.0. The number of ether oxygens (including phenoxy) is 1. The van der Waals surface area contributed by atoms with Gasteiger partial charge in [0.2, 0.25) is 0 Å². The van der Waals surface area contributed by atoms with E-state index in [-0.39, 0.29) is 18.5 Å². The predicted molar refractivity (Wildman–Crippen MR) is 123 cm³/mol. The second kappa shape index (κ2) is 10.5. The van der Waals surface area contributed by atoms with Gasteiger partial charge in [-0.25, -0.2) is 18.7 Å². The number of halogens is 2. The van der Waals surface area contributed by atoms with E-state index in [0.717, 1.165) is 25.0 Å². The van der Waals surface area contributed by atoms with Crippen LogP contribution in [0.25, 0.3) is 11.3 Å². The van der Waals surface area contributed by atoms with Gasteiger partial charge >= 0.3 is 0 Å². The largest absolute Gasteiger partial charge is 0.450 e. The summed E-state index contributed by atoms with van der Waals surface area (Å²) in [5.74, 6) is -0.370. The van der Waals surface area contributed by atoms with Crippen LogP contribution in [0.4, 0.5) is 8.78 Å². The summed E-state index contributed by atoms with van der Waals surface area (Å²) in [5, 5.41) is 0. The molecule has 0 atom stereocenters. The van der Waals surface area contributed by atoms with E-state index in [4.69, 9.17) is 4.74 Å². The van der Waals surface area contributed by atoms with E-state index in [0.29, 0.717) is 35.1 Å². The molecular formula is C25H31F2N3O2. The van der Waals surface area contributed by atoms with Crippen LogP contribution in [0.1, 0.15) is 52.3 Å². The van der Waals surface area contributed by atoms with E-state index in [1.54, 1.807) is 30.7 Å². The minimum Gasteiger partial charge on any atom is -0.450 e. The Balaban J connectivity index is 0.000000914. The fraction of sp³-hybridized carbons (Fsp3) is 0.400. The third kappa shape index (κ3) is 5.58. The molecular weight excluding hydrogens is 412 g/mol. The zero-order valence-electron chi connectivity index (χ0n) is 19.0. The molecule has 1 fully saturated rings. The van der Waals surface area contributed by atoms with Gasteiger partial charge in [0.25, 0.3) is 5.56 Å². The van der Waals surface area contributed by atoms with Gasteiger partial charge in [-0.3, -0.25) is 4.79 Å². The summed E-state index contributed by atoms with van der Waals surface area (Å²) < 4.78 is 34.7. The molecule has 1 aliphatic rings.